The van der Waals surface area contributed by atoms with Crippen LogP contribution in [0.15, 0.2) is 140 Å². The van der Waals surface area contributed by atoms with Gasteiger partial charge in [0.05, 0.1) is 0 Å². The van der Waals surface area contributed by atoms with Gasteiger partial charge in [-0.25, -0.2) is 15.0 Å². The second-order valence-corrected chi connectivity index (χ2v) is 11.9. The van der Waals surface area contributed by atoms with Gasteiger partial charge in [-0.05, 0) is 56.6 Å². The van der Waals surface area contributed by atoms with Crippen molar-refractivity contribution in [2.75, 3.05) is 0 Å². The van der Waals surface area contributed by atoms with Gasteiger partial charge in [0.2, 0.25) is 0 Å². The molecular weight excluding hydrogens is 543 g/mol. The topological polar surface area (TPSA) is 38.7 Å². The highest BCUT2D eigenvalue weighted by Gasteiger charge is 2.19. The number of hydrogen-bond acceptors (Lipinski definition) is 4. The molecule has 0 aliphatic rings. The van der Waals surface area contributed by atoms with Gasteiger partial charge < -0.3 is 0 Å². The van der Waals surface area contributed by atoms with Gasteiger partial charge in [0.1, 0.15) is 0 Å². The predicted octanol–water partition coefficient (Wildman–Crippen LogP) is 10.7. The first-order valence-electron chi connectivity index (χ1n) is 14.4. The number of fused-ring (bicyclic) bond motifs is 8. The summed E-state index contributed by atoms with van der Waals surface area (Å²) < 4.78 is 2.58. The monoisotopic (exact) mass is 565 g/mol. The van der Waals surface area contributed by atoms with Crippen LogP contribution in [0.5, 0.6) is 0 Å². The van der Waals surface area contributed by atoms with Crippen molar-refractivity contribution >= 4 is 63.8 Å². The number of nitrogens with zero attached hydrogens (tertiary/aromatic N) is 3. The molecule has 200 valence electrons. The molecule has 0 bridgehead atoms. The van der Waals surface area contributed by atoms with E-state index in [0.29, 0.717) is 17.5 Å². The summed E-state index contributed by atoms with van der Waals surface area (Å²) in [6, 6.07) is 49.1. The molecule has 4 heteroatoms. The van der Waals surface area contributed by atoms with Gasteiger partial charge in [-0.15, -0.1) is 11.3 Å². The van der Waals surface area contributed by atoms with Crippen molar-refractivity contribution in [1.82, 2.24) is 15.0 Å². The van der Waals surface area contributed by atoms with E-state index in [-0.39, 0.29) is 0 Å². The van der Waals surface area contributed by atoms with Crippen molar-refractivity contribution < 1.29 is 0 Å². The maximum absolute atomic E-state index is 5.11. The fourth-order valence-electron chi connectivity index (χ4n) is 6.26. The molecule has 9 aromatic rings. The van der Waals surface area contributed by atoms with Crippen molar-refractivity contribution in [3.05, 3.63) is 140 Å². The Kier molecular flexibility index (Phi) is 5.37. The lowest BCUT2D eigenvalue weighted by Gasteiger charge is -2.13. The Balaban J connectivity index is 1.41. The normalized spacial score (nSPS) is 11.7. The van der Waals surface area contributed by atoms with Crippen LogP contribution in [0.3, 0.4) is 0 Å². The van der Waals surface area contributed by atoms with E-state index in [2.05, 4.69) is 103 Å². The third-order valence-corrected chi connectivity index (χ3v) is 9.38. The molecule has 7 aromatic carbocycles. The molecule has 0 amide bonds. The second kappa shape index (κ2) is 9.55. The molecule has 43 heavy (non-hydrogen) atoms. The van der Waals surface area contributed by atoms with Crippen LogP contribution in [0, 0.1) is 0 Å². The molecule has 0 aliphatic carbocycles. The Bertz CT molecular complexity index is 2440. The third kappa shape index (κ3) is 3.92. The fraction of sp³-hybridized carbons (Fsp3) is 0. The Morgan fingerprint density at radius 3 is 1.65 bits per heavy atom. The summed E-state index contributed by atoms with van der Waals surface area (Å²) >= 11 is 1.86. The molecule has 0 unspecified atom stereocenters. The van der Waals surface area contributed by atoms with E-state index in [4.69, 9.17) is 15.0 Å². The van der Waals surface area contributed by atoms with Crippen molar-refractivity contribution in [3.8, 4) is 34.2 Å². The average molecular weight is 566 g/mol. The van der Waals surface area contributed by atoms with Crippen LogP contribution in [0.2, 0.25) is 0 Å². The Morgan fingerprint density at radius 2 is 0.953 bits per heavy atom. The molecular formula is C39H23N3S. The van der Waals surface area contributed by atoms with Crippen LogP contribution in [-0.2, 0) is 0 Å². The third-order valence-electron chi connectivity index (χ3n) is 8.26. The maximum Gasteiger partial charge on any atom is 0.164 e. The fourth-order valence-corrected chi connectivity index (χ4v) is 7.40. The van der Waals surface area contributed by atoms with Crippen LogP contribution in [0.25, 0.3) is 86.7 Å². The van der Waals surface area contributed by atoms with Gasteiger partial charge in [-0.3, -0.25) is 0 Å². The lowest BCUT2D eigenvalue weighted by Crippen LogP contribution is -2.00. The zero-order valence-electron chi connectivity index (χ0n) is 23.0. The number of aromatic nitrogens is 3. The lowest BCUT2D eigenvalue weighted by molar-refractivity contribution is 1.08. The number of benzene rings is 7. The Morgan fingerprint density at radius 1 is 0.372 bits per heavy atom. The summed E-state index contributed by atoms with van der Waals surface area (Å²) in [6.07, 6.45) is 0. The van der Waals surface area contributed by atoms with E-state index in [1.54, 1.807) is 0 Å². The molecule has 0 N–H and O–H groups in total. The summed E-state index contributed by atoms with van der Waals surface area (Å²) in [5.74, 6) is 2.01. The minimum absolute atomic E-state index is 0.666. The van der Waals surface area contributed by atoms with Gasteiger partial charge in [0.15, 0.2) is 17.5 Å². The summed E-state index contributed by atoms with van der Waals surface area (Å²) in [4.78, 5) is 15.1. The van der Waals surface area contributed by atoms with E-state index in [1.165, 1.54) is 47.1 Å². The van der Waals surface area contributed by atoms with E-state index >= 15 is 0 Å². The first-order valence-corrected chi connectivity index (χ1v) is 15.2. The molecule has 0 saturated carbocycles. The highest BCUT2D eigenvalue weighted by Crippen LogP contribution is 2.45. The second-order valence-electron chi connectivity index (χ2n) is 10.8. The highest BCUT2D eigenvalue weighted by molar-refractivity contribution is 7.26. The van der Waals surface area contributed by atoms with Gasteiger partial charge in [-0.1, -0.05) is 115 Å². The van der Waals surface area contributed by atoms with Crippen LogP contribution >= 0.6 is 11.3 Å². The zero-order valence-corrected chi connectivity index (χ0v) is 23.8. The zero-order chi connectivity index (χ0) is 28.3. The van der Waals surface area contributed by atoms with E-state index in [1.807, 2.05) is 47.7 Å². The van der Waals surface area contributed by atoms with Crippen LogP contribution in [0.1, 0.15) is 0 Å². The van der Waals surface area contributed by atoms with Crippen molar-refractivity contribution in [1.29, 1.82) is 0 Å². The Hall–Kier alpha value is -5.45. The number of rotatable bonds is 3. The van der Waals surface area contributed by atoms with Crippen molar-refractivity contribution in [3.63, 3.8) is 0 Å². The first kappa shape index (κ1) is 24.2. The van der Waals surface area contributed by atoms with Gasteiger partial charge in [-0.2, -0.15) is 0 Å². The Labute approximate surface area is 251 Å². The number of hydrogen-bond donors (Lipinski definition) is 0. The van der Waals surface area contributed by atoms with Crippen LogP contribution in [-0.4, -0.2) is 15.0 Å². The molecule has 0 saturated heterocycles. The molecule has 2 aromatic heterocycles. The quantitative estimate of drug-likeness (QED) is 0.200. The minimum Gasteiger partial charge on any atom is -0.208 e. The highest BCUT2D eigenvalue weighted by atomic mass is 32.1. The van der Waals surface area contributed by atoms with Crippen LogP contribution < -0.4 is 0 Å². The molecule has 3 nitrogen and oxygen atoms in total. The van der Waals surface area contributed by atoms with E-state index in [9.17, 15) is 0 Å². The van der Waals surface area contributed by atoms with Gasteiger partial charge >= 0.3 is 0 Å². The summed E-state index contributed by atoms with van der Waals surface area (Å²) in [6.45, 7) is 0. The molecule has 0 radical (unpaired) electrons. The maximum atomic E-state index is 5.11. The summed E-state index contributed by atoms with van der Waals surface area (Å²) in [5, 5.41) is 9.89. The largest absolute Gasteiger partial charge is 0.208 e. The van der Waals surface area contributed by atoms with Gasteiger partial charge in [0, 0.05) is 36.9 Å². The molecule has 2 heterocycles. The van der Waals surface area contributed by atoms with Crippen molar-refractivity contribution in [2.45, 2.75) is 0 Å². The smallest absolute Gasteiger partial charge is 0.164 e. The predicted molar refractivity (Wildman–Crippen MR) is 182 cm³/mol. The van der Waals surface area contributed by atoms with Crippen LogP contribution in [0.4, 0.5) is 0 Å². The van der Waals surface area contributed by atoms with E-state index < -0.39 is 0 Å². The SMILES string of the molecule is c1ccc(-c2nc(-c3ccccc3)nc(-c3cc4ccccc4c4c3ccc3sc5cc6ccccc6cc5c34)n2)cc1. The summed E-state index contributed by atoms with van der Waals surface area (Å²) in [5.41, 5.74) is 2.94. The molecule has 0 atom stereocenters. The first-order chi connectivity index (χ1) is 21.3. The van der Waals surface area contributed by atoms with Crippen molar-refractivity contribution in [2.24, 2.45) is 0 Å². The lowest BCUT2D eigenvalue weighted by atomic mass is 9.93. The molecule has 0 spiro atoms. The molecule has 0 aliphatic heterocycles. The molecule has 0 fully saturated rings. The molecule has 9 rings (SSSR count). The van der Waals surface area contributed by atoms with E-state index in [0.717, 1.165) is 22.1 Å². The average Bonchev–Trinajstić information content (AvgIpc) is 3.44. The minimum atomic E-state index is 0.666. The standard InChI is InChI=1S/C39H23N3S/c1-3-11-24(12-4-1)37-40-38(25-13-5-2-6-14-25)42-39(41-37)31-22-28-17-9-10-18-29(28)35-30(31)19-20-33-36(35)32-21-26-15-7-8-16-27(26)23-34(32)43-33/h1-23H. The summed E-state index contributed by atoms with van der Waals surface area (Å²) in [7, 11) is 0. The van der Waals surface area contributed by atoms with Gasteiger partial charge in [0.25, 0.3) is 0 Å². The number of thiophene rings is 1.